The van der Waals surface area contributed by atoms with Crippen molar-refractivity contribution in [3.05, 3.63) is 0 Å². The summed E-state index contributed by atoms with van der Waals surface area (Å²) in [5.74, 6) is 0. The van der Waals surface area contributed by atoms with E-state index in [1.54, 1.807) is 0 Å². The highest BCUT2D eigenvalue weighted by Crippen LogP contribution is 2.23. The van der Waals surface area contributed by atoms with Crippen molar-refractivity contribution in [3.63, 3.8) is 0 Å². The topological polar surface area (TPSA) is 63.8 Å². The Bertz CT molecular complexity index is 274. The van der Waals surface area contributed by atoms with E-state index >= 15 is 0 Å². The van der Waals surface area contributed by atoms with Gasteiger partial charge in [0.2, 0.25) is 0 Å². The predicted molar refractivity (Wildman–Crippen MR) is 87.7 cm³/mol. The van der Waals surface area contributed by atoms with Crippen LogP contribution in [0.1, 0.15) is 32.6 Å². The molecule has 2 atom stereocenters. The second-order valence-electron chi connectivity index (χ2n) is 6.60. The van der Waals surface area contributed by atoms with Crippen LogP contribution in [0.25, 0.3) is 0 Å². The zero-order valence-corrected chi connectivity index (χ0v) is 14.9. The van der Waals surface area contributed by atoms with Crippen molar-refractivity contribution in [1.29, 1.82) is 0 Å². The van der Waals surface area contributed by atoms with E-state index in [4.69, 9.17) is 18.9 Å². The summed E-state index contributed by atoms with van der Waals surface area (Å²) in [5, 5.41) is 0. The smallest absolute Gasteiger partial charge is 0.193 e. The van der Waals surface area contributed by atoms with Crippen molar-refractivity contribution < 1.29 is 23.7 Å². The van der Waals surface area contributed by atoms with E-state index in [2.05, 4.69) is 6.92 Å². The zero-order valence-electron chi connectivity index (χ0n) is 13.9. The fourth-order valence-corrected chi connectivity index (χ4v) is 5.24. The van der Waals surface area contributed by atoms with Crippen molar-refractivity contribution in [1.82, 2.24) is 0 Å². The number of epoxide rings is 2. The summed E-state index contributed by atoms with van der Waals surface area (Å²) >= 11 is 0. The van der Waals surface area contributed by atoms with Gasteiger partial charge in [-0.15, -0.1) is 0 Å². The molecule has 0 spiro atoms. The van der Waals surface area contributed by atoms with Crippen LogP contribution in [0.5, 0.6) is 0 Å². The normalized spacial score (nSPS) is 25.9. The van der Waals surface area contributed by atoms with Crippen molar-refractivity contribution >= 4 is 8.32 Å². The summed E-state index contributed by atoms with van der Waals surface area (Å²) in [6.07, 6.45) is 5.46. The fraction of sp³-hybridized carbons (Fsp3) is 1.00. The minimum Gasteiger partial charge on any atom is -0.432 e. The van der Waals surface area contributed by atoms with E-state index in [-0.39, 0.29) is 0 Å². The Kier molecular flexibility index (Phi) is 8.35. The van der Waals surface area contributed by atoms with Crippen LogP contribution in [-0.4, -0.2) is 65.0 Å². The number of ether oxygens (including phenoxy) is 4. The minimum atomic E-state index is -2.23. The first-order valence-corrected chi connectivity index (χ1v) is 11.4. The maximum atomic E-state index is 11.0. The van der Waals surface area contributed by atoms with Crippen LogP contribution in [0.3, 0.4) is 0 Å². The molecule has 22 heavy (non-hydrogen) atoms. The lowest BCUT2D eigenvalue weighted by molar-refractivity contribution is 0.119. The van der Waals surface area contributed by atoms with Crippen molar-refractivity contribution in [2.75, 3.05) is 39.6 Å². The highest BCUT2D eigenvalue weighted by molar-refractivity contribution is 6.72. The minimum absolute atomic E-state index is 0.307. The molecular weight excluding hydrogens is 300 g/mol. The summed E-state index contributed by atoms with van der Waals surface area (Å²) in [6, 6.07) is 2.60. The Morgan fingerprint density at radius 2 is 1.45 bits per heavy atom. The molecule has 2 aliphatic heterocycles. The van der Waals surface area contributed by atoms with Gasteiger partial charge < -0.3 is 23.7 Å². The van der Waals surface area contributed by atoms with Crippen molar-refractivity contribution in [2.24, 2.45) is 0 Å². The molecular formula is C16H32O5Si. The van der Waals surface area contributed by atoms with E-state index in [0.29, 0.717) is 38.6 Å². The maximum Gasteiger partial charge on any atom is 0.193 e. The zero-order chi connectivity index (χ0) is 15.7. The van der Waals surface area contributed by atoms with Crippen LogP contribution in [0.15, 0.2) is 0 Å². The van der Waals surface area contributed by atoms with Crippen LogP contribution >= 0.6 is 0 Å². The Balaban J connectivity index is 1.59. The molecule has 0 aromatic heterocycles. The lowest BCUT2D eigenvalue weighted by Crippen LogP contribution is -2.37. The van der Waals surface area contributed by atoms with Crippen LogP contribution < -0.4 is 0 Å². The van der Waals surface area contributed by atoms with Gasteiger partial charge in [0.1, 0.15) is 12.2 Å². The summed E-state index contributed by atoms with van der Waals surface area (Å²) in [4.78, 5) is 11.0. The molecule has 2 heterocycles. The first kappa shape index (κ1) is 18.4. The van der Waals surface area contributed by atoms with Crippen LogP contribution in [-0.2, 0) is 18.9 Å². The average molecular weight is 333 g/mol. The van der Waals surface area contributed by atoms with Gasteiger partial charge in [-0.1, -0.05) is 32.6 Å². The monoisotopic (exact) mass is 332 g/mol. The summed E-state index contributed by atoms with van der Waals surface area (Å²) in [5.41, 5.74) is 0. The van der Waals surface area contributed by atoms with E-state index in [1.807, 2.05) is 0 Å². The molecule has 2 rings (SSSR count). The largest absolute Gasteiger partial charge is 0.432 e. The van der Waals surface area contributed by atoms with Gasteiger partial charge in [-0.2, -0.15) is 0 Å². The SMILES string of the molecule is CCCCCC[Si](O)(CCOCC1CO1)CCOCC1CO1. The molecule has 2 saturated heterocycles. The average Bonchev–Trinajstić information content (AvgIpc) is 3.39. The molecule has 2 fully saturated rings. The van der Waals surface area contributed by atoms with Crippen LogP contribution in [0.4, 0.5) is 0 Å². The molecule has 0 saturated carbocycles. The molecule has 130 valence electrons. The molecule has 5 nitrogen and oxygen atoms in total. The standard InChI is InChI=1S/C16H32O5Si/c1-2-3-4-5-8-22(17,9-6-18-11-15-13-20-15)10-7-19-12-16-14-21-16/h15-17H,2-14H2,1H3. The van der Waals surface area contributed by atoms with Crippen LogP contribution in [0.2, 0.25) is 18.1 Å². The number of unbranched alkanes of at least 4 members (excludes halogenated alkanes) is 3. The van der Waals surface area contributed by atoms with Crippen LogP contribution in [0, 0.1) is 0 Å². The lowest BCUT2D eigenvalue weighted by atomic mass is 10.2. The number of hydrogen-bond acceptors (Lipinski definition) is 5. The van der Waals surface area contributed by atoms with Gasteiger partial charge in [0.05, 0.1) is 26.4 Å². The molecule has 1 N–H and O–H groups in total. The number of hydrogen-bond donors (Lipinski definition) is 1. The second-order valence-corrected chi connectivity index (χ2v) is 10.5. The Morgan fingerprint density at radius 3 is 1.91 bits per heavy atom. The van der Waals surface area contributed by atoms with Crippen molar-refractivity contribution in [3.8, 4) is 0 Å². The Labute approximate surface area is 135 Å². The third-order valence-corrected chi connectivity index (χ3v) is 7.89. The van der Waals surface area contributed by atoms with Gasteiger partial charge >= 0.3 is 0 Å². The lowest BCUT2D eigenvalue weighted by Gasteiger charge is -2.25. The highest BCUT2D eigenvalue weighted by atomic mass is 28.4. The first-order chi connectivity index (χ1) is 10.7. The third-order valence-electron chi connectivity index (χ3n) is 4.33. The molecule has 0 radical (unpaired) electrons. The van der Waals surface area contributed by atoms with Gasteiger partial charge in [-0.05, 0) is 18.1 Å². The first-order valence-electron chi connectivity index (χ1n) is 8.83. The molecule has 0 aromatic rings. The highest BCUT2D eigenvalue weighted by Gasteiger charge is 2.31. The molecule has 0 aromatic carbocycles. The third kappa shape index (κ3) is 8.60. The predicted octanol–water partition coefficient (Wildman–Crippen LogP) is 2.34. The molecule has 2 aliphatic rings. The van der Waals surface area contributed by atoms with E-state index in [0.717, 1.165) is 37.8 Å². The fourth-order valence-electron chi connectivity index (χ4n) is 2.54. The van der Waals surface area contributed by atoms with Gasteiger partial charge in [0, 0.05) is 13.2 Å². The Morgan fingerprint density at radius 1 is 0.909 bits per heavy atom. The molecule has 2 unspecified atom stereocenters. The Hall–Kier alpha value is 0.0169. The van der Waals surface area contributed by atoms with Gasteiger partial charge in [-0.25, -0.2) is 0 Å². The molecule has 0 amide bonds. The summed E-state index contributed by atoms with van der Waals surface area (Å²) in [7, 11) is -2.23. The van der Waals surface area contributed by atoms with Gasteiger partial charge in [0.15, 0.2) is 8.32 Å². The van der Waals surface area contributed by atoms with E-state index < -0.39 is 8.32 Å². The molecule has 0 bridgehead atoms. The molecule has 6 heteroatoms. The van der Waals surface area contributed by atoms with Gasteiger partial charge in [-0.3, -0.25) is 0 Å². The number of rotatable bonds is 15. The van der Waals surface area contributed by atoms with Crippen molar-refractivity contribution in [2.45, 2.75) is 62.9 Å². The van der Waals surface area contributed by atoms with E-state index in [9.17, 15) is 4.80 Å². The molecule has 0 aliphatic carbocycles. The second kappa shape index (κ2) is 10.0. The van der Waals surface area contributed by atoms with E-state index in [1.165, 1.54) is 19.3 Å². The van der Waals surface area contributed by atoms with Gasteiger partial charge in [0.25, 0.3) is 0 Å². The maximum absolute atomic E-state index is 11.0. The summed E-state index contributed by atoms with van der Waals surface area (Å²) < 4.78 is 21.5. The summed E-state index contributed by atoms with van der Waals surface area (Å²) in [6.45, 7) is 6.53. The quantitative estimate of drug-likeness (QED) is 0.283.